The van der Waals surface area contributed by atoms with Crippen molar-refractivity contribution >= 4 is 17.4 Å². The van der Waals surface area contributed by atoms with Gasteiger partial charge in [0.1, 0.15) is 5.82 Å². The molecule has 0 unspecified atom stereocenters. The van der Waals surface area contributed by atoms with Crippen molar-refractivity contribution in [1.29, 1.82) is 0 Å². The summed E-state index contributed by atoms with van der Waals surface area (Å²) in [5, 5.41) is 0. The summed E-state index contributed by atoms with van der Waals surface area (Å²) in [5.74, 6) is -0.267. The number of nitrogen functional groups attached to an aromatic ring is 1. The summed E-state index contributed by atoms with van der Waals surface area (Å²) in [5.41, 5.74) is 5.43. The number of H-pyrrole nitrogens is 1. The van der Waals surface area contributed by atoms with E-state index in [0.717, 1.165) is 5.56 Å². The fraction of sp³-hybridized carbons (Fsp3) is 0.389. The number of amides is 1. The molecule has 134 valence electrons. The molecule has 0 fully saturated rings. The van der Waals surface area contributed by atoms with Crippen LogP contribution in [-0.2, 0) is 11.3 Å². The van der Waals surface area contributed by atoms with Crippen LogP contribution in [0.25, 0.3) is 0 Å². The van der Waals surface area contributed by atoms with Crippen molar-refractivity contribution in [2.75, 3.05) is 17.7 Å². The lowest BCUT2D eigenvalue weighted by atomic mass is 9.91. The number of hydrogen-bond donors (Lipinski definition) is 2. The first-order valence-electron chi connectivity index (χ1n) is 8.03. The van der Waals surface area contributed by atoms with Gasteiger partial charge in [-0.1, -0.05) is 51.1 Å². The lowest BCUT2D eigenvalue weighted by Gasteiger charge is -2.24. The smallest absolute Gasteiger partial charge is 0.330 e. The molecule has 0 spiro atoms. The molecule has 7 nitrogen and oxygen atoms in total. The SMILES string of the molecule is CN(C(=O)CC(C)(C)C)c1c(N)n(Cc2ccccc2)c(=O)[nH]c1=O. The number of aromatic amines is 1. The number of aromatic nitrogens is 2. The Morgan fingerprint density at radius 2 is 1.80 bits per heavy atom. The van der Waals surface area contributed by atoms with E-state index in [1.807, 2.05) is 51.1 Å². The molecule has 1 amide bonds. The summed E-state index contributed by atoms with van der Waals surface area (Å²) in [6, 6.07) is 9.27. The first-order valence-corrected chi connectivity index (χ1v) is 8.03. The van der Waals surface area contributed by atoms with Gasteiger partial charge in [-0.15, -0.1) is 0 Å². The second kappa shape index (κ2) is 6.96. The van der Waals surface area contributed by atoms with Crippen molar-refractivity contribution in [3.8, 4) is 0 Å². The molecule has 2 aromatic rings. The molecule has 7 heteroatoms. The lowest BCUT2D eigenvalue weighted by molar-refractivity contribution is -0.120. The number of carbonyl (C=O) groups excluding carboxylic acids is 1. The van der Waals surface area contributed by atoms with Gasteiger partial charge in [0, 0.05) is 13.5 Å². The van der Waals surface area contributed by atoms with E-state index in [-0.39, 0.29) is 35.8 Å². The second-order valence-corrected chi connectivity index (χ2v) is 7.26. The van der Waals surface area contributed by atoms with Crippen molar-refractivity contribution in [1.82, 2.24) is 9.55 Å². The number of hydrogen-bond acceptors (Lipinski definition) is 4. The highest BCUT2D eigenvalue weighted by Crippen LogP contribution is 2.23. The largest absolute Gasteiger partial charge is 0.383 e. The number of nitrogens with two attached hydrogens (primary N) is 1. The molecule has 0 aliphatic carbocycles. The Morgan fingerprint density at radius 1 is 1.20 bits per heavy atom. The monoisotopic (exact) mass is 344 g/mol. The molecule has 0 atom stereocenters. The van der Waals surface area contributed by atoms with Crippen LogP contribution in [-0.4, -0.2) is 22.5 Å². The van der Waals surface area contributed by atoms with E-state index in [1.165, 1.54) is 16.5 Å². The molecule has 0 radical (unpaired) electrons. The zero-order chi connectivity index (χ0) is 18.8. The normalized spacial score (nSPS) is 11.4. The molecule has 0 aliphatic heterocycles. The Kier molecular flexibility index (Phi) is 5.15. The minimum Gasteiger partial charge on any atom is -0.383 e. The summed E-state index contributed by atoms with van der Waals surface area (Å²) in [4.78, 5) is 40.3. The summed E-state index contributed by atoms with van der Waals surface area (Å²) in [6.07, 6.45) is 0.250. The average molecular weight is 344 g/mol. The Bertz CT molecular complexity index is 876. The average Bonchev–Trinajstić information content (AvgIpc) is 2.50. The highest BCUT2D eigenvalue weighted by molar-refractivity contribution is 5.95. The zero-order valence-corrected chi connectivity index (χ0v) is 15.0. The van der Waals surface area contributed by atoms with Crippen molar-refractivity contribution in [3.63, 3.8) is 0 Å². The standard InChI is InChI=1S/C18H24N4O3/c1-18(2,3)10-13(23)21(4)14-15(19)22(17(25)20-16(14)24)11-12-8-6-5-7-9-12/h5-9H,10-11,19H2,1-4H3,(H,20,24,25). The van der Waals surface area contributed by atoms with Gasteiger partial charge >= 0.3 is 5.69 Å². The Morgan fingerprint density at radius 3 is 2.36 bits per heavy atom. The Labute approximate surface area is 146 Å². The van der Waals surface area contributed by atoms with E-state index in [9.17, 15) is 14.4 Å². The fourth-order valence-electron chi connectivity index (χ4n) is 2.52. The van der Waals surface area contributed by atoms with Gasteiger partial charge < -0.3 is 10.6 Å². The summed E-state index contributed by atoms with van der Waals surface area (Å²) < 4.78 is 1.26. The first-order chi connectivity index (χ1) is 11.6. The fourth-order valence-corrected chi connectivity index (χ4v) is 2.52. The number of benzene rings is 1. The van der Waals surface area contributed by atoms with Crippen LogP contribution in [0.1, 0.15) is 32.8 Å². The van der Waals surface area contributed by atoms with Crippen molar-refractivity contribution in [3.05, 3.63) is 56.7 Å². The third kappa shape index (κ3) is 4.37. The maximum atomic E-state index is 12.4. The van der Waals surface area contributed by atoms with E-state index in [4.69, 9.17) is 5.73 Å². The van der Waals surface area contributed by atoms with Gasteiger partial charge in [0.25, 0.3) is 5.56 Å². The minimum atomic E-state index is -0.670. The number of nitrogens with one attached hydrogen (secondary N) is 1. The highest BCUT2D eigenvalue weighted by atomic mass is 16.2. The van der Waals surface area contributed by atoms with Crippen LogP contribution in [0.4, 0.5) is 11.5 Å². The van der Waals surface area contributed by atoms with Crippen LogP contribution < -0.4 is 21.9 Å². The van der Waals surface area contributed by atoms with E-state index in [0.29, 0.717) is 0 Å². The molecule has 0 saturated carbocycles. The number of rotatable bonds is 4. The molecule has 1 aromatic heterocycles. The maximum absolute atomic E-state index is 12.4. The molecule has 0 bridgehead atoms. The van der Waals surface area contributed by atoms with Gasteiger partial charge in [0.05, 0.1) is 6.54 Å². The third-order valence-electron chi connectivity index (χ3n) is 3.79. The molecule has 1 aromatic carbocycles. The molecule has 1 heterocycles. The van der Waals surface area contributed by atoms with Crippen LogP contribution in [0.3, 0.4) is 0 Å². The Hall–Kier alpha value is -2.83. The van der Waals surface area contributed by atoms with Crippen LogP contribution in [0.5, 0.6) is 0 Å². The third-order valence-corrected chi connectivity index (χ3v) is 3.79. The van der Waals surface area contributed by atoms with Crippen LogP contribution in [0, 0.1) is 5.41 Å². The zero-order valence-electron chi connectivity index (χ0n) is 15.0. The highest BCUT2D eigenvalue weighted by Gasteiger charge is 2.24. The summed E-state index contributed by atoms with van der Waals surface area (Å²) >= 11 is 0. The van der Waals surface area contributed by atoms with E-state index in [2.05, 4.69) is 4.98 Å². The van der Waals surface area contributed by atoms with Crippen LogP contribution in [0.15, 0.2) is 39.9 Å². The van der Waals surface area contributed by atoms with Gasteiger partial charge in [0.15, 0.2) is 5.69 Å². The van der Waals surface area contributed by atoms with E-state index in [1.54, 1.807) is 0 Å². The molecule has 25 heavy (non-hydrogen) atoms. The van der Waals surface area contributed by atoms with Gasteiger partial charge in [-0.3, -0.25) is 19.1 Å². The molecular formula is C18H24N4O3. The maximum Gasteiger partial charge on any atom is 0.330 e. The number of nitrogens with zero attached hydrogens (tertiary/aromatic N) is 2. The van der Waals surface area contributed by atoms with E-state index < -0.39 is 11.2 Å². The van der Waals surface area contributed by atoms with Gasteiger partial charge in [-0.2, -0.15) is 0 Å². The molecule has 3 N–H and O–H groups in total. The lowest BCUT2D eigenvalue weighted by Crippen LogP contribution is -2.40. The van der Waals surface area contributed by atoms with Crippen LogP contribution in [0.2, 0.25) is 0 Å². The van der Waals surface area contributed by atoms with Crippen molar-refractivity contribution in [2.24, 2.45) is 5.41 Å². The topological polar surface area (TPSA) is 101 Å². The molecule has 0 saturated heterocycles. The predicted molar refractivity (Wildman–Crippen MR) is 98.8 cm³/mol. The molecule has 2 rings (SSSR count). The molecular weight excluding hydrogens is 320 g/mol. The van der Waals surface area contributed by atoms with Gasteiger partial charge in [-0.25, -0.2) is 4.79 Å². The first kappa shape index (κ1) is 18.5. The van der Waals surface area contributed by atoms with Gasteiger partial charge in [-0.05, 0) is 11.0 Å². The number of anilines is 2. The second-order valence-electron chi connectivity index (χ2n) is 7.26. The summed E-state index contributed by atoms with van der Waals surface area (Å²) in [7, 11) is 1.49. The quantitative estimate of drug-likeness (QED) is 0.879. The Balaban J connectivity index is 2.46. The van der Waals surface area contributed by atoms with Crippen molar-refractivity contribution in [2.45, 2.75) is 33.7 Å². The van der Waals surface area contributed by atoms with Crippen molar-refractivity contribution < 1.29 is 4.79 Å². The predicted octanol–water partition coefficient (Wildman–Crippen LogP) is 1.57. The van der Waals surface area contributed by atoms with E-state index >= 15 is 0 Å². The summed E-state index contributed by atoms with van der Waals surface area (Å²) in [6.45, 7) is 6.00. The number of carbonyl (C=O) groups is 1. The molecule has 0 aliphatic rings. The van der Waals surface area contributed by atoms with Crippen LogP contribution >= 0.6 is 0 Å². The minimum absolute atomic E-state index is 0.00946. The van der Waals surface area contributed by atoms with Gasteiger partial charge in [0.2, 0.25) is 5.91 Å².